The maximum absolute atomic E-state index is 12.3. The van der Waals surface area contributed by atoms with Crippen molar-refractivity contribution in [1.82, 2.24) is 10.3 Å². The summed E-state index contributed by atoms with van der Waals surface area (Å²) >= 11 is 3.25. The van der Waals surface area contributed by atoms with Crippen LogP contribution in [0.25, 0.3) is 0 Å². The number of pyridine rings is 1. The summed E-state index contributed by atoms with van der Waals surface area (Å²) in [5.74, 6) is 0.284. The first-order valence-corrected chi connectivity index (χ1v) is 8.17. The van der Waals surface area contributed by atoms with Gasteiger partial charge in [-0.2, -0.15) is 0 Å². The van der Waals surface area contributed by atoms with E-state index >= 15 is 0 Å². The van der Waals surface area contributed by atoms with Crippen molar-refractivity contribution in [2.45, 2.75) is 11.4 Å². The van der Waals surface area contributed by atoms with Gasteiger partial charge in [-0.1, -0.05) is 12.1 Å². The molecule has 0 atom stereocenters. The first kappa shape index (κ1) is 15.0. The number of sulfonamides is 1. The van der Waals surface area contributed by atoms with Gasteiger partial charge >= 0.3 is 0 Å². The number of hydrogen-bond acceptors (Lipinski definition) is 4. The van der Waals surface area contributed by atoms with E-state index in [1.165, 1.54) is 6.20 Å². The summed E-state index contributed by atoms with van der Waals surface area (Å²) in [7, 11) is -1.81. The molecule has 0 spiro atoms. The third-order valence-electron chi connectivity index (χ3n) is 2.56. The van der Waals surface area contributed by atoms with E-state index in [1.54, 1.807) is 30.3 Å². The van der Waals surface area contributed by atoms with Crippen LogP contribution >= 0.6 is 15.9 Å². The molecule has 1 aromatic heterocycles. The summed E-state index contributed by atoms with van der Waals surface area (Å²) in [6, 6.07) is 10.1. The number of hydrogen-bond donors (Lipinski definition) is 2. The van der Waals surface area contributed by atoms with Gasteiger partial charge in [0.25, 0.3) is 10.0 Å². The van der Waals surface area contributed by atoms with Gasteiger partial charge in [-0.25, -0.2) is 13.4 Å². The van der Waals surface area contributed by atoms with Gasteiger partial charge in [0.1, 0.15) is 5.82 Å². The molecule has 1 aromatic carbocycles. The number of halogens is 1. The van der Waals surface area contributed by atoms with Crippen molar-refractivity contribution in [3.63, 3.8) is 0 Å². The fourth-order valence-corrected chi connectivity index (χ4v) is 2.97. The summed E-state index contributed by atoms with van der Waals surface area (Å²) in [5, 5.41) is 2.99. The van der Waals surface area contributed by atoms with Gasteiger partial charge in [0.2, 0.25) is 0 Å². The summed E-state index contributed by atoms with van der Waals surface area (Å²) in [5.41, 5.74) is 0.902. The van der Waals surface area contributed by atoms with Crippen molar-refractivity contribution >= 4 is 31.8 Å². The summed E-state index contributed by atoms with van der Waals surface area (Å²) in [4.78, 5) is 4.22. The molecule has 0 bridgehead atoms. The molecular weight excluding hydrogens is 342 g/mol. The second-order valence-electron chi connectivity index (χ2n) is 4.14. The molecule has 0 amide bonds. The minimum atomic E-state index is -3.62. The van der Waals surface area contributed by atoms with Crippen LogP contribution in [-0.2, 0) is 16.6 Å². The van der Waals surface area contributed by atoms with Gasteiger partial charge in [-0.15, -0.1) is 0 Å². The molecule has 2 N–H and O–H groups in total. The highest BCUT2D eigenvalue weighted by atomic mass is 79.9. The highest BCUT2D eigenvalue weighted by Crippen LogP contribution is 2.17. The second-order valence-corrected chi connectivity index (χ2v) is 6.74. The number of anilines is 1. The molecule has 20 heavy (non-hydrogen) atoms. The fourth-order valence-electron chi connectivity index (χ4n) is 1.66. The van der Waals surface area contributed by atoms with Crippen molar-refractivity contribution in [2.24, 2.45) is 0 Å². The lowest BCUT2D eigenvalue weighted by Gasteiger charge is -2.08. The Morgan fingerprint density at radius 1 is 1.25 bits per heavy atom. The molecule has 0 saturated carbocycles. The van der Waals surface area contributed by atoms with Gasteiger partial charge in [0, 0.05) is 17.2 Å². The van der Waals surface area contributed by atoms with Crippen LogP contribution in [0.1, 0.15) is 5.56 Å². The highest BCUT2D eigenvalue weighted by Gasteiger charge is 2.15. The number of aromatic nitrogens is 1. The first-order valence-electron chi connectivity index (χ1n) is 5.89. The van der Waals surface area contributed by atoms with E-state index in [2.05, 4.69) is 31.0 Å². The number of nitrogens with zero attached hydrogens (tertiary/aromatic N) is 1. The SMILES string of the molecule is CNCc1cccc(S(=O)(=O)Nc2ccc(Br)cn2)c1. The Labute approximate surface area is 126 Å². The van der Waals surface area contributed by atoms with Crippen molar-refractivity contribution in [2.75, 3.05) is 11.8 Å². The molecule has 106 valence electrons. The van der Waals surface area contributed by atoms with Crippen LogP contribution in [0.5, 0.6) is 0 Å². The van der Waals surface area contributed by atoms with Gasteiger partial charge in [0.15, 0.2) is 0 Å². The van der Waals surface area contributed by atoms with Gasteiger partial charge in [-0.3, -0.25) is 4.72 Å². The molecule has 0 fully saturated rings. The van der Waals surface area contributed by atoms with E-state index in [0.29, 0.717) is 6.54 Å². The van der Waals surface area contributed by atoms with Gasteiger partial charge < -0.3 is 5.32 Å². The monoisotopic (exact) mass is 355 g/mol. The first-order chi connectivity index (χ1) is 9.51. The van der Waals surface area contributed by atoms with Crippen LogP contribution in [0.15, 0.2) is 52.0 Å². The molecular formula is C13H14BrN3O2S. The standard InChI is InChI=1S/C13H14BrN3O2S/c1-15-8-10-3-2-4-12(7-10)20(18,19)17-13-6-5-11(14)9-16-13/h2-7,9,15H,8H2,1H3,(H,16,17). The fraction of sp³-hybridized carbons (Fsp3) is 0.154. The highest BCUT2D eigenvalue weighted by molar-refractivity contribution is 9.10. The van der Waals surface area contributed by atoms with Gasteiger partial charge in [0.05, 0.1) is 4.90 Å². The molecule has 5 nitrogen and oxygen atoms in total. The molecule has 0 aliphatic carbocycles. The zero-order valence-electron chi connectivity index (χ0n) is 10.8. The third kappa shape index (κ3) is 3.78. The molecule has 0 aliphatic heterocycles. The largest absolute Gasteiger partial charge is 0.316 e. The maximum Gasteiger partial charge on any atom is 0.263 e. The number of rotatable bonds is 5. The van der Waals surface area contributed by atoms with E-state index in [9.17, 15) is 8.42 Å². The molecule has 1 heterocycles. The molecule has 2 aromatic rings. The number of nitrogens with one attached hydrogen (secondary N) is 2. The van der Waals surface area contributed by atoms with E-state index in [4.69, 9.17) is 0 Å². The number of benzene rings is 1. The van der Waals surface area contributed by atoms with E-state index in [-0.39, 0.29) is 10.7 Å². The topological polar surface area (TPSA) is 71.1 Å². The van der Waals surface area contributed by atoms with E-state index < -0.39 is 10.0 Å². The molecule has 2 rings (SSSR count). The Hall–Kier alpha value is -1.44. The molecule has 0 aliphatic rings. The molecule has 0 saturated heterocycles. The van der Waals surface area contributed by atoms with Crippen LogP contribution in [0.3, 0.4) is 0 Å². The molecule has 0 radical (unpaired) electrons. The average molecular weight is 356 g/mol. The van der Waals surface area contributed by atoms with E-state index in [0.717, 1.165) is 10.0 Å². The minimum absolute atomic E-state index is 0.218. The van der Waals surface area contributed by atoms with Crippen LogP contribution in [0, 0.1) is 0 Å². The zero-order chi connectivity index (χ0) is 14.6. The Bertz CT molecular complexity index is 687. The summed E-state index contributed by atoms with van der Waals surface area (Å²) in [6.07, 6.45) is 1.54. The minimum Gasteiger partial charge on any atom is -0.316 e. The zero-order valence-corrected chi connectivity index (χ0v) is 13.2. The lowest BCUT2D eigenvalue weighted by molar-refractivity contribution is 0.601. The predicted molar refractivity (Wildman–Crippen MR) is 82.0 cm³/mol. The summed E-state index contributed by atoms with van der Waals surface area (Å²) in [6.45, 7) is 0.611. The predicted octanol–water partition coefficient (Wildman–Crippen LogP) is 2.36. The normalized spacial score (nSPS) is 11.3. The van der Waals surface area contributed by atoms with Crippen LogP contribution < -0.4 is 10.0 Å². The smallest absolute Gasteiger partial charge is 0.263 e. The lowest BCUT2D eigenvalue weighted by atomic mass is 10.2. The van der Waals surface area contributed by atoms with E-state index in [1.807, 2.05) is 13.1 Å². The van der Waals surface area contributed by atoms with Gasteiger partial charge in [-0.05, 0) is 52.8 Å². The molecule has 7 heteroatoms. The third-order valence-corrected chi connectivity index (χ3v) is 4.38. The Morgan fingerprint density at radius 2 is 2.05 bits per heavy atom. The maximum atomic E-state index is 12.3. The quantitative estimate of drug-likeness (QED) is 0.863. The Kier molecular flexibility index (Phi) is 4.74. The molecule has 0 unspecified atom stereocenters. The van der Waals surface area contributed by atoms with Crippen molar-refractivity contribution in [3.8, 4) is 0 Å². The van der Waals surface area contributed by atoms with Crippen molar-refractivity contribution < 1.29 is 8.42 Å². The lowest BCUT2D eigenvalue weighted by Crippen LogP contribution is -2.14. The summed E-state index contributed by atoms with van der Waals surface area (Å²) < 4.78 is 27.8. The Balaban J connectivity index is 2.25. The Morgan fingerprint density at radius 3 is 2.70 bits per heavy atom. The average Bonchev–Trinajstić information content (AvgIpc) is 2.42. The van der Waals surface area contributed by atoms with Crippen LogP contribution in [-0.4, -0.2) is 20.4 Å². The van der Waals surface area contributed by atoms with Crippen molar-refractivity contribution in [1.29, 1.82) is 0 Å². The second kappa shape index (κ2) is 6.34. The van der Waals surface area contributed by atoms with Crippen molar-refractivity contribution in [3.05, 3.63) is 52.6 Å². The van der Waals surface area contributed by atoms with Crippen LogP contribution in [0.2, 0.25) is 0 Å². The van der Waals surface area contributed by atoms with Crippen LogP contribution in [0.4, 0.5) is 5.82 Å².